The summed E-state index contributed by atoms with van der Waals surface area (Å²) < 4.78 is 3.23. The third-order valence-electron chi connectivity index (χ3n) is 4.87. The molecule has 1 atom stereocenters. The molecule has 0 aliphatic heterocycles. The fourth-order valence-corrected chi connectivity index (χ4v) is 3.75. The quantitative estimate of drug-likeness (QED) is 0.897. The number of hydrogen-bond donors (Lipinski definition) is 1. The average molecular weight is 342 g/mol. The highest BCUT2D eigenvalue weighted by atomic mass is 79.9. The van der Waals surface area contributed by atoms with Crippen LogP contribution in [0.1, 0.15) is 57.8 Å². The van der Waals surface area contributed by atoms with Crippen molar-refractivity contribution in [2.75, 3.05) is 0 Å². The zero-order chi connectivity index (χ0) is 14.9. The van der Waals surface area contributed by atoms with Crippen molar-refractivity contribution < 1.29 is 0 Å². The van der Waals surface area contributed by atoms with Crippen molar-refractivity contribution in [3.63, 3.8) is 0 Å². The van der Waals surface area contributed by atoms with Crippen LogP contribution in [0.25, 0.3) is 0 Å². The van der Waals surface area contributed by atoms with Gasteiger partial charge in [0.25, 0.3) is 0 Å². The number of nitrogens with two attached hydrogens (primary N) is 1. The van der Waals surface area contributed by atoms with Crippen LogP contribution >= 0.6 is 15.9 Å². The van der Waals surface area contributed by atoms with Crippen LogP contribution in [0.4, 0.5) is 0 Å². The maximum Gasteiger partial charge on any atom is 0.0738 e. The van der Waals surface area contributed by atoms with E-state index >= 15 is 0 Å². The van der Waals surface area contributed by atoms with Crippen LogP contribution in [0, 0.1) is 18.3 Å². The smallest absolute Gasteiger partial charge is 0.0738 e. The molecule has 0 radical (unpaired) electrons. The van der Waals surface area contributed by atoms with Crippen LogP contribution in [-0.4, -0.2) is 15.8 Å². The Balaban J connectivity index is 2.03. The topological polar surface area (TPSA) is 43.8 Å². The Morgan fingerprint density at radius 2 is 2.00 bits per heavy atom. The van der Waals surface area contributed by atoms with Crippen molar-refractivity contribution in [2.45, 2.75) is 72.4 Å². The van der Waals surface area contributed by atoms with Crippen LogP contribution < -0.4 is 5.73 Å². The van der Waals surface area contributed by atoms with Gasteiger partial charge in [0.05, 0.1) is 15.9 Å². The lowest BCUT2D eigenvalue weighted by Gasteiger charge is -2.36. The maximum atomic E-state index is 6.51. The summed E-state index contributed by atoms with van der Waals surface area (Å²) in [6.07, 6.45) is 6.08. The molecule has 0 aromatic carbocycles. The van der Waals surface area contributed by atoms with Crippen molar-refractivity contribution in [2.24, 2.45) is 17.1 Å². The summed E-state index contributed by atoms with van der Waals surface area (Å²) in [6, 6.07) is 0.254. The first kappa shape index (κ1) is 16.0. The summed E-state index contributed by atoms with van der Waals surface area (Å²) >= 11 is 3.67. The number of aromatic nitrogens is 2. The van der Waals surface area contributed by atoms with Gasteiger partial charge < -0.3 is 5.73 Å². The summed E-state index contributed by atoms with van der Waals surface area (Å²) in [5, 5.41) is 4.56. The highest BCUT2D eigenvalue weighted by molar-refractivity contribution is 9.10. The van der Waals surface area contributed by atoms with E-state index in [1.54, 1.807) is 0 Å². The monoisotopic (exact) mass is 341 g/mol. The minimum atomic E-state index is 0.254. The second kappa shape index (κ2) is 6.18. The van der Waals surface area contributed by atoms with Gasteiger partial charge in [0.2, 0.25) is 0 Å². The highest BCUT2D eigenvalue weighted by Crippen LogP contribution is 2.39. The first-order chi connectivity index (χ1) is 9.34. The first-order valence-corrected chi connectivity index (χ1v) is 8.60. The van der Waals surface area contributed by atoms with E-state index in [9.17, 15) is 0 Å². The van der Waals surface area contributed by atoms with E-state index in [0.29, 0.717) is 11.3 Å². The van der Waals surface area contributed by atoms with Crippen LogP contribution in [0.15, 0.2) is 4.47 Å². The van der Waals surface area contributed by atoms with Crippen molar-refractivity contribution in [3.05, 3.63) is 15.9 Å². The van der Waals surface area contributed by atoms with Gasteiger partial charge >= 0.3 is 0 Å². The third kappa shape index (κ3) is 3.45. The molecule has 0 bridgehead atoms. The predicted molar refractivity (Wildman–Crippen MR) is 87.8 cm³/mol. The molecule has 4 heteroatoms. The Bertz CT molecular complexity index is 455. The molecular weight excluding hydrogens is 314 g/mol. The molecule has 0 spiro atoms. The van der Waals surface area contributed by atoms with Crippen LogP contribution in [0.2, 0.25) is 0 Å². The van der Waals surface area contributed by atoms with Crippen molar-refractivity contribution in [1.29, 1.82) is 0 Å². The lowest BCUT2D eigenvalue weighted by atomic mass is 9.71. The van der Waals surface area contributed by atoms with Crippen LogP contribution in [0.5, 0.6) is 0 Å². The Labute approximate surface area is 131 Å². The fourth-order valence-electron chi connectivity index (χ4n) is 3.30. The van der Waals surface area contributed by atoms with Gasteiger partial charge in [0.15, 0.2) is 0 Å². The second-order valence-corrected chi connectivity index (χ2v) is 7.82. The molecule has 1 aromatic heterocycles. The standard InChI is InChI=1S/C16H28BrN3/c1-5-20-14(15(17)11(2)19-20)10-13(18)12-6-8-16(3,4)9-7-12/h12-13H,5-10,18H2,1-4H3. The van der Waals surface area contributed by atoms with E-state index in [4.69, 9.17) is 5.73 Å². The largest absolute Gasteiger partial charge is 0.327 e. The fraction of sp³-hybridized carbons (Fsp3) is 0.812. The van der Waals surface area contributed by atoms with Gasteiger partial charge in [0, 0.05) is 19.0 Å². The Hall–Kier alpha value is -0.350. The van der Waals surface area contributed by atoms with Crippen molar-refractivity contribution in [3.8, 4) is 0 Å². The van der Waals surface area contributed by atoms with E-state index < -0.39 is 0 Å². The van der Waals surface area contributed by atoms with E-state index in [1.807, 2.05) is 6.92 Å². The zero-order valence-electron chi connectivity index (χ0n) is 13.2. The zero-order valence-corrected chi connectivity index (χ0v) is 14.8. The van der Waals surface area contributed by atoms with Gasteiger partial charge in [-0.25, -0.2) is 0 Å². The molecule has 0 saturated heterocycles. The molecule has 1 heterocycles. The minimum Gasteiger partial charge on any atom is -0.327 e. The van der Waals surface area contributed by atoms with E-state index in [1.165, 1.54) is 31.4 Å². The third-order valence-corrected chi connectivity index (χ3v) is 5.90. The molecule has 1 unspecified atom stereocenters. The molecule has 1 fully saturated rings. The molecule has 1 aromatic rings. The van der Waals surface area contributed by atoms with Gasteiger partial charge in [-0.05, 0) is 66.8 Å². The minimum absolute atomic E-state index is 0.254. The number of aryl methyl sites for hydroxylation is 2. The molecule has 1 saturated carbocycles. The lowest BCUT2D eigenvalue weighted by Crippen LogP contribution is -2.37. The summed E-state index contributed by atoms with van der Waals surface area (Å²) in [5.74, 6) is 0.662. The molecule has 1 aliphatic carbocycles. The Morgan fingerprint density at radius 1 is 1.40 bits per heavy atom. The normalized spacial score (nSPS) is 21.1. The van der Waals surface area contributed by atoms with Gasteiger partial charge in [0.1, 0.15) is 0 Å². The average Bonchev–Trinajstić information content (AvgIpc) is 2.66. The molecule has 0 amide bonds. The Kier molecular flexibility index (Phi) is 4.96. The summed E-state index contributed by atoms with van der Waals surface area (Å²) in [4.78, 5) is 0. The number of rotatable bonds is 4. The first-order valence-electron chi connectivity index (χ1n) is 7.81. The molecule has 2 rings (SSSR count). The summed E-state index contributed by atoms with van der Waals surface area (Å²) in [7, 11) is 0. The van der Waals surface area contributed by atoms with Crippen molar-refractivity contribution in [1.82, 2.24) is 9.78 Å². The van der Waals surface area contributed by atoms with Gasteiger partial charge in [-0.3, -0.25) is 4.68 Å². The van der Waals surface area contributed by atoms with Crippen LogP contribution in [-0.2, 0) is 13.0 Å². The molecule has 3 nitrogen and oxygen atoms in total. The van der Waals surface area contributed by atoms with Gasteiger partial charge in [-0.2, -0.15) is 5.10 Å². The highest BCUT2D eigenvalue weighted by Gasteiger charge is 2.30. The summed E-state index contributed by atoms with van der Waals surface area (Å²) in [6.45, 7) is 9.85. The van der Waals surface area contributed by atoms with E-state index in [2.05, 4.69) is 46.5 Å². The number of hydrogen-bond acceptors (Lipinski definition) is 2. The van der Waals surface area contributed by atoms with Gasteiger partial charge in [-0.15, -0.1) is 0 Å². The number of nitrogens with zero attached hydrogens (tertiary/aromatic N) is 2. The summed E-state index contributed by atoms with van der Waals surface area (Å²) in [5.41, 5.74) is 9.36. The number of halogens is 1. The Morgan fingerprint density at radius 3 is 2.55 bits per heavy atom. The molecular formula is C16H28BrN3. The van der Waals surface area contributed by atoms with Crippen LogP contribution in [0.3, 0.4) is 0 Å². The molecule has 114 valence electrons. The van der Waals surface area contributed by atoms with E-state index in [-0.39, 0.29) is 6.04 Å². The van der Waals surface area contributed by atoms with Crippen molar-refractivity contribution >= 4 is 15.9 Å². The SMILES string of the molecule is CCn1nc(C)c(Br)c1CC(N)C1CCC(C)(C)CC1. The molecule has 1 aliphatic rings. The van der Waals surface area contributed by atoms with Gasteiger partial charge in [-0.1, -0.05) is 13.8 Å². The predicted octanol–water partition coefficient (Wildman–Crippen LogP) is 4.06. The second-order valence-electron chi connectivity index (χ2n) is 7.03. The lowest BCUT2D eigenvalue weighted by molar-refractivity contribution is 0.172. The molecule has 2 N–H and O–H groups in total. The maximum absolute atomic E-state index is 6.51. The van der Waals surface area contributed by atoms with E-state index in [0.717, 1.165) is 23.1 Å². The molecule has 20 heavy (non-hydrogen) atoms.